The van der Waals surface area contributed by atoms with Gasteiger partial charge >= 0.3 is 0 Å². The second-order valence-electron chi connectivity index (χ2n) is 5.84. The molecule has 0 radical (unpaired) electrons. The molecule has 134 valence electrons. The van der Waals surface area contributed by atoms with E-state index in [9.17, 15) is 4.79 Å². The number of nitrogens with zero attached hydrogens (tertiary/aromatic N) is 2. The monoisotopic (exact) mass is 346 g/mol. The van der Waals surface area contributed by atoms with Gasteiger partial charge in [0.25, 0.3) is 0 Å². The first-order valence-electron chi connectivity index (χ1n) is 8.23. The van der Waals surface area contributed by atoms with E-state index in [1.807, 2.05) is 18.2 Å². The maximum Gasteiger partial charge on any atom is 0.246 e. The fourth-order valence-corrected chi connectivity index (χ4v) is 2.80. The van der Waals surface area contributed by atoms with Crippen molar-refractivity contribution in [1.82, 2.24) is 20.8 Å². The van der Waals surface area contributed by atoms with Gasteiger partial charge in [0, 0.05) is 6.42 Å². The number of nitrogens with one attached hydrogen (secondary N) is 2. The van der Waals surface area contributed by atoms with Gasteiger partial charge in [0.05, 0.1) is 26.8 Å². The zero-order chi connectivity index (χ0) is 17.6. The molecule has 2 N–H and O–H groups in total. The molecule has 1 saturated heterocycles. The SMILES string of the molecule is COc1ccc(Cc2noc(CNC(=O)C3CCCN3)n2)cc1OC. The highest BCUT2D eigenvalue weighted by Gasteiger charge is 2.22. The molecule has 3 rings (SSSR count). The van der Waals surface area contributed by atoms with Crippen molar-refractivity contribution in [3.05, 3.63) is 35.5 Å². The summed E-state index contributed by atoms with van der Waals surface area (Å²) in [4.78, 5) is 16.3. The second kappa shape index (κ2) is 7.98. The van der Waals surface area contributed by atoms with Crippen LogP contribution in [0.25, 0.3) is 0 Å². The van der Waals surface area contributed by atoms with Crippen LogP contribution in [0.3, 0.4) is 0 Å². The summed E-state index contributed by atoms with van der Waals surface area (Å²) in [6.45, 7) is 1.12. The summed E-state index contributed by atoms with van der Waals surface area (Å²) in [7, 11) is 3.19. The Labute approximate surface area is 145 Å². The Hall–Kier alpha value is -2.61. The lowest BCUT2D eigenvalue weighted by molar-refractivity contribution is -0.123. The smallest absolute Gasteiger partial charge is 0.246 e. The largest absolute Gasteiger partial charge is 0.493 e. The predicted molar refractivity (Wildman–Crippen MR) is 89.5 cm³/mol. The average Bonchev–Trinajstić information content (AvgIpc) is 3.31. The Morgan fingerprint density at radius 1 is 1.36 bits per heavy atom. The highest BCUT2D eigenvalue weighted by Crippen LogP contribution is 2.28. The van der Waals surface area contributed by atoms with Gasteiger partial charge in [0.1, 0.15) is 0 Å². The quantitative estimate of drug-likeness (QED) is 0.773. The molecule has 2 aromatic rings. The van der Waals surface area contributed by atoms with E-state index in [1.54, 1.807) is 14.2 Å². The summed E-state index contributed by atoms with van der Waals surface area (Å²) < 4.78 is 15.7. The first kappa shape index (κ1) is 17.2. The summed E-state index contributed by atoms with van der Waals surface area (Å²) in [5.74, 6) is 2.23. The maximum absolute atomic E-state index is 12.0. The van der Waals surface area contributed by atoms with Crippen molar-refractivity contribution in [2.75, 3.05) is 20.8 Å². The van der Waals surface area contributed by atoms with Gasteiger partial charge in [0.15, 0.2) is 17.3 Å². The lowest BCUT2D eigenvalue weighted by atomic mass is 10.1. The number of hydrogen-bond acceptors (Lipinski definition) is 7. The molecule has 8 heteroatoms. The minimum Gasteiger partial charge on any atom is -0.493 e. The molecule has 1 aliphatic rings. The topological polar surface area (TPSA) is 98.5 Å². The van der Waals surface area contributed by atoms with Crippen LogP contribution in [0.5, 0.6) is 11.5 Å². The maximum atomic E-state index is 12.0. The van der Waals surface area contributed by atoms with Gasteiger partial charge in [-0.3, -0.25) is 4.79 Å². The number of hydrogen-bond donors (Lipinski definition) is 2. The van der Waals surface area contributed by atoms with Gasteiger partial charge in [-0.1, -0.05) is 11.2 Å². The minimum absolute atomic E-state index is 0.0304. The Morgan fingerprint density at radius 3 is 2.92 bits per heavy atom. The molecule has 0 spiro atoms. The summed E-state index contributed by atoms with van der Waals surface area (Å²) in [6, 6.07) is 5.52. The fraction of sp³-hybridized carbons (Fsp3) is 0.471. The van der Waals surface area contributed by atoms with E-state index in [2.05, 4.69) is 20.8 Å². The molecule has 1 fully saturated rings. The van der Waals surface area contributed by atoms with E-state index in [0.29, 0.717) is 29.6 Å². The third-order valence-corrected chi connectivity index (χ3v) is 4.11. The molecular formula is C17H22N4O4. The van der Waals surface area contributed by atoms with Crippen LogP contribution in [-0.4, -0.2) is 42.9 Å². The normalized spacial score (nSPS) is 16.6. The molecule has 1 aliphatic heterocycles. The van der Waals surface area contributed by atoms with Crippen LogP contribution in [0, 0.1) is 0 Å². The van der Waals surface area contributed by atoms with E-state index in [4.69, 9.17) is 14.0 Å². The van der Waals surface area contributed by atoms with Gasteiger partial charge in [-0.15, -0.1) is 0 Å². The Morgan fingerprint density at radius 2 is 2.20 bits per heavy atom. The van der Waals surface area contributed by atoms with Crippen molar-refractivity contribution in [2.24, 2.45) is 0 Å². The van der Waals surface area contributed by atoms with Crippen LogP contribution in [-0.2, 0) is 17.8 Å². The third-order valence-electron chi connectivity index (χ3n) is 4.11. The Bertz CT molecular complexity index is 725. The molecule has 1 aromatic carbocycles. The first-order chi connectivity index (χ1) is 12.2. The lowest BCUT2D eigenvalue weighted by Crippen LogP contribution is -2.40. The molecule has 0 aliphatic carbocycles. The average molecular weight is 346 g/mol. The van der Waals surface area contributed by atoms with Gasteiger partial charge in [-0.05, 0) is 37.1 Å². The zero-order valence-corrected chi connectivity index (χ0v) is 14.4. The van der Waals surface area contributed by atoms with Crippen LogP contribution < -0.4 is 20.1 Å². The van der Waals surface area contributed by atoms with Gasteiger partial charge in [-0.2, -0.15) is 4.98 Å². The number of ether oxygens (including phenoxy) is 2. The molecule has 0 saturated carbocycles. The summed E-state index contributed by atoms with van der Waals surface area (Å²) in [5, 5.41) is 9.93. The minimum atomic E-state index is -0.117. The van der Waals surface area contributed by atoms with E-state index < -0.39 is 0 Å². The molecule has 2 heterocycles. The number of carbonyl (C=O) groups is 1. The van der Waals surface area contributed by atoms with Gasteiger partial charge in [-0.25, -0.2) is 0 Å². The van der Waals surface area contributed by atoms with Crippen LogP contribution in [0.2, 0.25) is 0 Å². The number of carbonyl (C=O) groups excluding carboxylic acids is 1. The summed E-state index contributed by atoms with van der Waals surface area (Å²) in [5.41, 5.74) is 0.976. The lowest BCUT2D eigenvalue weighted by Gasteiger charge is -2.09. The van der Waals surface area contributed by atoms with Crippen molar-refractivity contribution in [3.63, 3.8) is 0 Å². The number of amides is 1. The molecule has 1 aromatic heterocycles. The van der Waals surface area contributed by atoms with Crippen molar-refractivity contribution in [2.45, 2.75) is 31.8 Å². The van der Waals surface area contributed by atoms with Gasteiger partial charge < -0.3 is 24.6 Å². The standard InChI is InChI=1S/C17H22N4O4/c1-23-13-6-5-11(8-14(13)24-2)9-15-20-16(25-21-15)10-19-17(22)12-4-3-7-18-12/h5-6,8,12,18H,3-4,7,9-10H2,1-2H3,(H,19,22). The van der Waals surface area contributed by atoms with Gasteiger partial charge in [0.2, 0.25) is 11.8 Å². The highest BCUT2D eigenvalue weighted by molar-refractivity contribution is 5.81. The van der Waals surface area contributed by atoms with E-state index in [1.165, 1.54) is 0 Å². The Balaban J connectivity index is 1.57. The molecule has 25 heavy (non-hydrogen) atoms. The van der Waals surface area contributed by atoms with E-state index in [0.717, 1.165) is 24.9 Å². The number of benzene rings is 1. The van der Waals surface area contributed by atoms with Crippen molar-refractivity contribution >= 4 is 5.91 Å². The summed E-state index contributed by atoms with van der Waals surface area (Å²) in [6.07, 6.45) is 2.39. The number of methoxy groups -OCH3 is 2. The molecule has 0 bridgehead atoms. The summed E-state index contributed by atoms with van der Waals surface area (Å²) >= 11 is 0. The molecule has 1 unspecified atom stereocenters. The molecular weight excluding hydrogens is 324 g/mol. The molecule has 8 nitrogen and oxygen atoms in total. The number of rotatable bonds is 7. The van der Waals surface area contributed by atoms with Crippen LogP contribution in [0.15, 0.2) is 22.7 Å². The molecule has 1 amide bonds. The van der Waals surface area contributed by atoms with Crippen LogP contribution in [0.1, 0.15) is 30.1 Å². The number of aromatic nitrogens is 2. The Kier molecular flexibility index (Phi) is 5.49. The van der Waals surface area contributed by atoms with Crippen molar-refractivity contribution in [3.8, 4) is 11.5 Å². The first-order valence-corrected chi connectivity index (χ1v) is 8.23. The van der Waals surface area contributed by atoms with Crippen LogP contribution in [0.4, 0.5) is 0 Å². The fourth-order valence-electron chi connectivity index (χ4n) is 2.80. The highest BCUT2D eigenvalue weighted by atomic mass is 16.5. The van der Waals surface area contributed by atoms with Crippen LogP contribution >= 0.6 is 0 Å². The third kappa shape index (κ3) is 4.27. The van der Waals surface area contributed by atoms with E-state index in [-0.39, 0.29) is 18.5 Å². The molecule has 1 atom stereocenters. The zero-order valence-electron chi connectivity index (χ0n) is 14.4. The van der Waals surface area contributed by atoms with E-state index >= 15 is 0 Å². The van der Waals surface area contributed by atoms with Crippen molar-refractivity contribution < 1.29 is 18.8 Å². The predicted octanol–water partition coefficient (Wildman–Crippen LogP) is 1.05. The van der Waals surface area contributed by atoms with Crippen molar-refractivity contribution in [1.29, 1.82) is 0 Å². The second-order valence-corrected chi connectivity index (χ2v) is 5.84.